The van der Waals surface area contributed by atoms with E-state index in [1.54, 1.807) is 15.9 Å². The number of fused-ring (bicyclic) bond motifs is 16. The second-order valence-electron chi connectivity index (χ2n) is 17.7. The molecule has 0 fully saturated rings. The molecule has 7 nitrogen and oxygen atoms in total. The zero-order valence-corrected chi connectivity index (χ0v) is 38.1. The Labute approximate surface area is 420 Å². The van der Waals surface area contributed by atoms with Gasteiger partial charge in [0.05, 0.1) is 72.0 Å². The first-order valence-corrected chi connectivity index (χ1v) is 24.1. The van der Waals surface area contributed by atoms with Crippen molar-refractivity contribution in [3.05, 3.63) is 224 Å². The summed E-state index contributed by atoms with van der Waals surface area (Å²) in [7, 11) is 0. The summed E-state index contributed by atoms with van der Waals surface area (Å²) in [6.07, 6.45) is 0. The minimum absolute atomic E-state index is 0.0800. The van der Waals surface area contributed by atoms with Crippen molar-refractivity contribution in [1.82, 2.24) is 33.2 Å². The van der Waals surface area contributed by atoms with Crippen molar-refractivity contribution in [3.8, 4) is 34.7 Å². The van der Waals surface area contributed by atoms with E-state index >= 15 is 0 Å². The Morgan fingerprint density at radius 1 is 0.324 bits per heavy atom. The van der Waals surface area contributed by atoms with Crippen LogP contribution in [0.5, 0.6) is 0 Å². The summed E-state index contributed by atoms with van der Waals surface area (Å²) >= 11 is 1.73. The smallest absolute Gasteiger partial charge is 0.240 e. The van der Waals surface area contributed by atoms with E-state index in [1.165, 1.54) is 0 Å². The molecule has 0 bridgehead atoms. The molecule has 71 heavy (non-hydrogen) atoms. The largest absolute Gasteiger partial charge is 0.308 e. The Bertz CT molecular complexity index is 5350. The minimum atomic E-state index is -0.402. The lowest BCUT2D eigenvalue weighted by Crippen LogP contribution is -2.12. The van der Waals surface area contributed by atoms with E-state index in [-0.39, 0.29) is 71.1 Å². The molecule has 0 spiro atoms. The monoisotopic (exact) mass is 931 g/mol. The molecule has 8 heteroatoms. The lowest BCUT2D eigenvalue weighted by Gasteiger charge is -2.20. The highest BCUT2D eigenvalue weighted by Crippen LogP contribution is 2.46. The number of hydrogen-bond donors (Lipinski definition) is 0. The Morgan fingerprint density at radius 3 is 1.35 bits per heavy atom. The molecule has 330 valence electrons. The van der Waals surface area contributed by atoms with Gasteiger partial charge in [-0.25, -0.2) is 0 Å². The summed E-state index contributed by atoms with van der Waals surface area (Å²) in [5, 5.41) is 8.03. The maximum atomic E-state index is 9.69. The first kappa shape index (κ1) is 31.6. The summed E-state index contributed by atoms with van der Waals surface area (Å²) < 4.78 is 84.0. The van der Waals surface area contributed by atoms with Gasteiger partial charge in [0.15, 0.2) is 5.82 Å². The number of nitrogens with zero attached hydrogens (tertiary/aromatic N) is 7. The third-order valence-electron chi connectivity index (χ3n) is 14.1. The van der Waals surface area contributed by atoms with E-state index in [0.29, 0.717) is 49.5 Å². The van der Waals surface area contributed by atoms with Crippen LogP contribution in [0.15, 0.2) is 224 Å². The molecular formula is C63H37N7S. The molecule has 0 aliphatic carbocycles. The van der Waals surface area contributed by atoms with Crippen LogP contribution in [0.1, 0.15) is 11.0 Å². The van der Waals surface area contributed by atoms with Gasteiger partial charge in [0, 0.05) is 63.3 Å². The molecule has 0 saturated heterocycles. The van der Waals surface area contributed by atoms with E-state index in [4.69, 9.17) is 20.4 Å². The molecule has 0 aliphatic rings. The Morgan fingerprint density at radius 2 is 0.761 bits per heavy atom. The molecule has 0 amide bonds. The van der Waals surface area contributed by atoms with E-state index in [2.05, 4.69) is 65.2 Å². The molecule has 0 radical (unpaired) electrons. The molecule has 16 aromatic rings. The van der Waals surface area contributed by atoms with Crippen LogP contribution in [0.25, 0.3) is 142 Å². The third kappa shape index (κ3) is 5.34. The van der Waals surface area contributed by atoms with Crippen molar-refractivity contribution in [2.75, 3.05) is 0 Å². The normalized spacial score (nSPS) is 13.8. The van der Waals surface area contributed by atoms with Crippen LogP contribution in [0, 0.1) is 0 Å². The van der Waals surface area contributed by atoms with Gasteiger partial charge in [-0.1, -0.05) is 158 Å². The van der Waals surface area contributed by atoms with Gasteiger partial charge in [-0.3, -0.25) is 9.13 Å². The molecule has 6 aromatic heterocycles. The highest BCUT2D eigenvalue weighted by molar-refractivity contribution is 7.26. The van der Waals surface area contributed by atoms with Crippen molar-refractivity contribution in [3.63, 3.8) is 0 Å². The second-order valence-corrected chi connectivity index (χ2v) is 18.8. The molecule has 0 aliphatic heterocycles. The molecule has 0 N–H and O–H groups in total. The van der Waals surface area contributed by atoms with Crippen LogP contribution in [-0.4, -0.2) is 33.2 Å². The molecule has 6 heterocycles. The van der Waals surface area contributed by atoms with Gasteiger partial charge in [-0.05, 0) is 66.7 Å². The predicted molar refractivity (Wildman–Crippen MR) is 296 cm³/mol. The fourth-order valence-corrected chi connectivity index (χ4v) is 12.4. The number of hydrogen-bond acceptors (Lipinski definition) is 4. The molecule has 16 rings (SSSR count). The van der Waals surface area contributed by atoms with Crippen LogP contribution in [0.4, 0.5) is 0 Å². The molecule has 0 saturated carbocycles. The topological polar surface area (TPSA) is 58.4 Å². The van der Waals surface area contributed by atoms with E-state index in [1.807, 2.05) is 124 Å². The van der Waals surface area contributed by atoms with Crippen LogP contribution >= 0.6 is 11.3 Å². The van der Waals surface area contributed by atoms with E-state index in [0.717, 1.165) is 63.8 Å². The fraction of sp³-hybridized carbons (Fsp3) is 0. The Balaban J connectivity index is 1.15. The van der Waals surface area contributed by atoms with Gasteiger partial charge in [-0.2, -0.15) is 15.0 Å². The Hall–Kier alpha value is -9.37. The first-order chi connectivity index (χ1) is 38.6. The summed E-state index contributed by atoms with van der Waals surface area (Å²) in [5.74, 6) is 0.484. The first-order valence-electron chi connectivity index (χ1n) is 27.3. The van der Waals surface area contributed by atoms with Gasteiger partial charge >= 0.3 is 0 Å². The lowest BCUT2D eigenvalue weighted by atomic mass is 10.1. The third-order valence-corrected chi connectivity index (χ3v) is 15.2. The maximum Gasteiger partial charge on any atom is 0.240 e. The quantitative estimate of drug-likeness (QED) is 0.173. The van der Waals surface area contributed by atoms with Gasteiger partial charge in [0.25, 0.3) is 0 Å². The fourth-order valence-electron chi connectivity index (χ4n) is 11.2. The zero-order chi connectivity index (χ0) is 53.3. The predicted octanol–water partition coefficient (Wildman–Crippen LogP) is 16.3. The van der Waals surface area contributed by atoms with Crippen LogP contribution in [0.3, 0.4) is 0 Å². The summed E-state index contributed by atoms with van der Waals surface area (Å²) in [6.45, 7) is 0. The Kier molecular flexibility index (Phi) is 6.49. The van der Waals surface area contributed by atoms with Gasteiger partial charge in [-0.15, -0.1) is 11.3 Å². The molecule has 0 atom stereocenters. The average Bonchev–Trinajstić information content (AvgIpc) is 3.81. The molecular weight excluding hydrogens is 887 g/mol. The number of aromatic nitrogens is 7. The molecule has 10 aromatic carbocycles. The second kappa shape index (κ2) is 14.6. The van der Waals surface area contributed by atoms with Crippen molar-refractivity contribution in [2.45, 2.75) is 0 Å². The molecule has 0 unspecified atom stereocenters. The lowest BCUT2D eigenvalue weighted by molar-refractivity contribution is 0.891. The van der Waals surface area contributed by atoms with Crippen molar-refractivity contribution in [1.29, 1.82) is 0 Å². The highest BCUT2D eigenvalue weighted by atomic mass is 32.1. The van der Waals surface area contributed by atoms with Crippen molar-refractivity contribution >= 4 is 119 Å². The number of rotatable bonds is 5. The van der Waals surface area contributed by atoms with Gasteiger partial charge in [0.1, 0.15) is 0 Å². The zero-order valence-electron chi connectivity index (χ0n) is 45.3. The minimum Gasteiger partial charge on any atom is -0.308 e. The summed E-state index contributed by atoms with van der Waals surface area (Å²) in [6, 6.07) is 55.9. The highest BCUT2D eigenvalue weighted by Gasteiger charge is 2.28. The summed E-state index contributed by atoms with van der Waals surface area (Å²) in [5.41, 5.74) is 6.80. The van der Waals surface area contributed by atoms with Crippen LogP contribution in [-0.2, 0) is 0 Å². The number of thiophene rings is 1. The van der Waals surface area contributed by atoms with E-state index in [9.17, 15) is 5.48 Å². The standard InChI is InChI=1S/C63H37N7S/c1-9-26-47-38(18-1)39-19-2-10-27-48(39)67(47)54-33-17-34-55(68-49-28-11-7-24-44(49)45-36-37-57-58(60(45)68)46-25-8-16-35-56(46)71-57)59(54)61-64-62(69-50-29-12-3-20-40(50)41-21-4-13-30-51(41)69)66-63(65-61)70-52-31-14-5-22-42(52)43-23-6-15-32-53(43)70/h1-37H/i1D,3D,9D,12D,18D,20D,26D,29D. The van der Waals surface area contributed by atoms with Crippen LogP contribution in [0.2, 0.25) is 0 Å². The van der Waals surface area contributed by atoms with Crippen molar-refractivity contribution < 1.29 is 11.0 Å². The van der Waals surface area contributed by atoms with Crippen LogP contribution < -0.4 is 0 Å². The average molecular weight is 932 g/mol. The van der Waals surface area contributed by atoms with Crippen molar-refractivity contribution in [2.24, 2.45) is 0 Å². The maximum absolute atomic E-state index is 9.69. The number of benzene rings is 10. The summed E-state index contributed by atoms with van der Waals surface area (Å²) in [4.78, 5) is 16.6. The number of para-hydroxylation sites is 7. The van der Waals surface area contributed by atoms with Gasteiger partial charge < -0.3 is 9.13 Å². The SMILES string of the molecule is [2H]c1c([2H])c([2H])c2c(c1[2H])c1ccccc1n2-c1nc(-c2c(-n3c4ccccc4c4c([2H])c([2H])c([2H])c([2H])c43)cccc2-n2c3ccccc3c3ccc4sc5ccccc5c4c32)nc(-n2c3ccccc3c3ccccc32)n1. The van der Waals surface area contributed by atoms with Gasteiger partial charge in [0.2, 0.25) is 11.9 Å². The van der Waals surface area contributed by atoms with E-state index < -0.39 is 6.04 Å².